The maximum atomic E-state index is 13.0. The molecule has 0 aliphatic carbocycles. The fraction of sp³-hybridized carbons (Fsp3) is 0.400. The molecule has 2 fully saturated rings. The van der Waals surface area contributed by atoms with Crippen LogP contribution in [0.2, 0.25) is 0 Å². The van der Waals surface area contributed by atoms with Crippen LogP contribution in [0.25, 0.3) is 0 Å². The molecule has 0 saturated carbocycles. The third-order valence-electron chi connectivity index (χ3n) is 5.04. The van der Waals surface area contributed by atoms with Gasteiger partial charge in [0, 0.05) is 19.2 Å². The van der Waals surface area contributed by atoms with E-state index in [0.717, 1.165) is 25.1 Å². The lowest BCUT2D eigenvalue weighted by molar-refractivity contribution is -0.193. The normalized spacial score (nSPS) is 19.2. The van der Waals surface area contributed by atoms with Crippen LogP contribution in [0.4, 0.5) is 42.4 Å². The number of pyridine rings is 1. The molecule has 0 aromatic carbocycles. The van der Waals surface area contributed by atoms with E-state index >= 15 is 0 Å². The second-order valence-corrected chi connectivity index (χ2v) is 7.44. The smallest absolute Gasteiger partial charge is 0.475 e. The van der Waals surface area contributed by atoms with Crippen molar-refractivity contribution in [3.8, 4) is 0 Å². The molecule has 10 nitrogen and oxygen atoms in total. The van der Waals surface area contributed by atoms with Gasteiger partial charge >= 0.3 is 24.3 Å². The van der Waals surface area contributed by atoms with Crippen LogP contribution < -0.4 is 9.80 Å². The number of fused-ring (bicyclic) bond motifs is 1. The quantitative estimate of drug-likeness (QED) is 0.550. The summed E-state index contributed by atoms with van der Waals surface area (Å²) in [6.45, 7) is 0.755. The first-order valence-electron chi connectivity index (χ1n) is 10.2. The number of aromatic nitrogens is 3. The molecule has 202 valence electrons. The molecule has 1 amide bonds. The molecule has 2 saturated heterocycles. The minimum absolute atomic E-state index is 0.0779. The molecule has 4 heterocycles. The number of halogens is 7. The van der Waals surface area contributed by atoms with Crippen LogP contribution in [0.3, 0.4) is 0 Å². The molecule has 17 heteroatoms. The lowest BCUT2D eigenvalue weighted by Crippen LogP contribution is -2.53. The highest BCUT2D eigenvalue weighted by Gasteiger charge is 2.44. The molecule has 4 rings (SSSR count). The average molecular weight is 541 g/mol. The number of carbonyl (C=O) groups excluding carboxylic acids is 1. The van der Waals surface area contributed by atoms with Gasteiger partial charge in [0.05, 0.1) is 36.4 Å². The molecule has 37 heavy (non-hydrogen) atoms. The first-order chi connectivity index (χ1) is 17.1. The highest BCUT2D eigenvalue weighted by Crippen LogP contribution is 2.35. The summed E-state index contributed by atoms with van der Waals surface area (Å²) in [4.78, 5) is 46.5. The molecular formula is C20H18F7N5O5. The zero-order valence-corrected chi connectivity index (χ0v) is 18.4. The topological polar surface area (TPSA) is 137 Å². The van der Waals surface area contributed by atoms with E-state index in [1.54, 1.807) is 12.4 Å². The molecule has 0 spiro atoms. The van der Waals surface area contributed by atoms with Crippen LogP contribution in [0.1, 0.15) is 19.3 Å². The van der Waals surface area contributed by atoms with Crippen molar-refractivity contribution in [2.75, 3.05) is 16.3 Å². The van der Waals surface area contributed by atoms with Gasteiger partial charge in [0.25, 0.3) is 0 Å². The van der Waals surface area contributed by atoms with Gasteiger partial charge in [0.1, 0.15) is 0 Å². The summed E-state index contributed by atoms with van der Waals surface area (Å²) in [5, 5.41) is 14.2. The molecule has 2 aliphatic rings. The van der Waals surface area contributed by atoms with Gasteiger partial charge in [-0.25, -0.2) is 23.9 Å². The number of carbonyl (C=O) groups is 3. The largest absolute Gasteiger partial charge is 0.490 e. The minimum atomic E-state index is -5.08. The number of hydrogen-bond donors (Lipinski definition) is 2. The summed E-state index contributed by atoms with van der Waals surface area (Å²) in [5.74, 6) is -5.30. The van der Waals surface area contributed by atoms with Crippen molar-refractivity contribution in [2.45, 2.75) is 43.7 Å². The predicted molar refractivity (Wildman–Crippen MR) is 110 cm³/mol. The number of hydrogen-bond acceptors (Lipinski definition) is 7. The van der Waals surface area contributed by atoms with Crippen molar-refractivity contribution >= 4 is 29.5 Å². The second kappa shape index (κ2) is 11.8. The van der Waals surface area contributed by atoms with Crippen LogP contribution in [0.5, 0.6) is 0 Å². The fourth-order valence-electron chi connectivity index (χ4n) is 3.60. The van der Waals surface area contributed by atoms with Gasteiger partial charge in [-0.15, -0.1) is 0 Å². The molecule has 2 N–H and O–H groups in total. The molecule has 0 radical (unpaired) electrons. The van der Waals surface area contributed by atoms with E-state index in [9.17, 15) is 35.5 Å². The molecule has 2 atom stereocenters. The Bertz CT molecular complexity index is 1060. The maximum absolute atomic E-state index is 13.0. The average Bonchev–Trinajstić information content (AvgIpc) is 3.23. The Morgan fingerprint density at radius 3 is 1.92 bits per heavy atom. The first kappa shape index (κ1) is 29.2. The van der Waals surface area contributed by atoms with E-state index in [2.05, 4.69) is 19.9 Å². The summed E-state index contributed by atoms with van der Waals surface area (Å²) in [7, 11) is 0. The lowest BCUT2D eigenvalue weighted by Gasteiger charge is -2.39. The van der Waals surface area contributed by atoms with Crippen molar-refractivity contribution in [3.63, 3.8) is 0 Å². The van der Waals surface area contributed by atoms with Crippen LogP contribution >= 0.6 is 0 Å². The van der Waals surface area contributed by atoms with Crippen LogP contribution in [-0.4, -0.2) is 74.0 Å². The first-order valence-corrected chi connectivity index (χ1v) is 10.2. The standard InChI is InChI=1S/C16H16FN5O.2C2HF3O2/c17-11-8-19-16(20-9-11)21-7-5-14-13(21)3-4-15(23)22(14)12-2-1-6-18-10-12;2*3-2(4,5)1(6)7/h1-2,6,8-10,13-14H,3-5,7H2;2*(H,6,7)/t13-,14-;;/m0../s1. The summed E-state index contributed by atoms with van der Waals surface area (Å²) in [5.41, 5.74) is 0.828. The van der Waals surface area contributed by atoms with Crippen LogP contribution in [0, 0.1) is 5.82 Å². The number of carboxylic acid groups (broad SMARTS) is 2. The number of amides is 1. The Kier molecular flexibility index (Phi) is 9.30. The van der Waals surface area contributed by atoms with Crippen LogP contribution in [0.15, 0.2) is 36.9 Å². The summed E-state index contributed by atoms with van der Waals surface area (Å²) in [6, 6.07) is 3.97. The third-order valence-corrected chi connectivity index (χ3v) is 5.04. The minimum Gasteiger partial charge on any atom is -0.475 e. The molecule has 0 bridgehead atoms. The molecule has 2 aromatic rings. The number of rotatable bonds is 2. The monoisotopic (exact) mass is 541 g/mol. The highest BCUT2D eigenvalue weighted by molar-refractivity contribution is 5.95. The molecule has 0 unspecified atom stereocenters. The van der Waals surface area contributed by atoms with Crippen molar-refractivity contribution in [1.82, 2.24) is 15.0 Å². The fourth-order valence-corrected chi connectivity index (χ4v) is 3.60. The lowest BCUT2D eigenvalue weighted by atomic mass is 9.96. The predicted octanol–water partition coefficient (Wildman–Crippen LogP) is 3.05. The van der Waals surface area contributed by atoms with E-state index in [-0.39, 0.29) is 18.0 Å². The zero-order chi connectivity index (χ0) is 28.0. The Morgan fingerprint density at radius 2 is 1.46 bits per heavy atom. The van der Waals surface area contributed by atoms with E-state index < -0.39 is 30.1 Å². The molecular weight excluding hydrogens is 523 g/mol. The second-order valence-electron chi connectivity index (χ2n) is 7.44. The molecule has 2 aromatic heterocycles. The number of piperidine rings is 1. The number of anilines is 2. The Morgan fingerprint density at radius 1 is 0.919 bits per heavy atom. The highest BCUT2D eigenvalue weighted by atomic mass is 19.4. The number of alkyl halides is 6. The Hall–Kier alpha value is -4.05. The third kappa shape index (κ3) is 7.97. The van der Waals surface area contributed by atoms with E-state index in [1.807, 2.05) is 17.0 Å². The zero-order valence-electron chi connectivity index (χ0n) is 18.4. The number of aliphatic carboxylic acids is 2. The number of carboxylic acids is 2. The molecule has 2 aliphatic heterocycles. The maximum Gasteiger partial charge on any atom is 0.490 e. The summed E-state index contributed by atoms with van der Waals surface area (Å²) < 4.78 is 76.5. The van der Waals surface area contributed by atoms with Crippen LogP contribution in [-0.2, 0) is 14.4 Å². The number of nitrogens with zero attached hydrogens (tertiary/aromatic N) is 5. The van der Waals surface area contributed by atoms with Gasteiger partial charge in [0.15, 0.2) is 5.82 Å². The van der Waals surface area contributed by atoms with E-state index in [1.165, 1.54) is 12.4 Å². The van der Waals surface area contributed by atoms with Gasteiger partial charge in [-0.2, -0.15) is 26.3 Å². The van der Waals surface area contributed by atoms with E-state index in [0.29, 0.717) is 12.4 Å². The van der Waals surface area contributed by atoms with Gasteiger partial charge in [-0.05, 0) is 25.0 Å². The van der Waals surface area contributed by atoms with Gasteiger partial charge in [-0.3, -0.25) is 9.78 Å². The van der Waals surface area contributed by atoms with Gasteiger partial charge in [0.2, 0.25) is 11.9 Å². The van der Waals surface area contributed by atoms with Crippen molar-refractivity contribution in [2.24, 2.45) is 0 Å². The van der Waals surface area contributed by atoms with Gasteiger partial charge in [-0.1, -0.05) is 0 Å². The van der Waals surface area contributed by atoms with E-state index in [4.69, 9.17) is 19.8 Å². The SMILES string of the molecule is O=C(O)C(F)(F)F.O=C(O)C(F)(F)F.O=C1CC[C@H]2[C@H](CCN2c2ncc(F)cn2)N1c1cccnc1. The Balaban J connectivity index is 0.000000286. The van der Waals surface area contributed by atoms with Crippen molar-refractivity contribution < 1.29 is 55.3 Å². The summed E-state index contributed by atoms with van der Waals surface area (Å²) >= 11 is 0. The summed E-state index contributed by atoms with van der Waals surface area (Å²) in [6.07, 6.45) is -2.30. The van der Waals surface area contributed by atoms with Crippen molar-refractivity contribution in [1.29, 1.82) is 0 Å². The van der Waals surface area contributed by atoms with Crippen molar-refractivity contribution in [3.05, 3.63) is 42.7 Å². The van der Waals surface area contributed by atoms with Gasteiger partial charge < -0.3 is 20.0 Å². The Labute approximate surface area is 203 Å².